The molecule has 3 fully saturated rings. The van der Waals surface area contributed by atoms with Crippen molar-refractivity contribution in [2.75, 3.05) is 13.7 Å². The summed E-state index contributed by atoms with van der Waals surface area (Å²) in [7, 11) is 1.83. The summed E-state index contributed by atoms with van der Waals surface area (Å²) < 4.78 is 5.98. The van der Waals surface area contributed by atoms with Gasteiger partial charge in [-0.25, -0.2) is 0 Å². The molecule has 3 unspecified atom stereocenters. The Kier molecular flexibility index (Phi) is 3.98. The van der Waals surface area contributed by atoms with Crippen molar-refractivity contribution >= 4 is 17.6 Å². The highest BCUT2D eigenvalue weighted by Crippen LogP contribution is 2.62. The fraction of sp³-hybridized carbons (Fsp3) is 0.611. The van der Waals surface area contributed by atoms with Gasteiger partial charge in [-0.2, -0.15) is 0 Å². The molecule has 1 spiro atoms. The first-order chi connectivity index (χ1) is 11.2. The van der Waals surface area contributed by atoms with Crippen LogP contribution in [-0.4, -0.2) is 31.8 Å². The van der Waals surface area contributed by atoms with Gasteiger partial charge in [0.15, 0.2) is 5.96 Å². The number of ether oxygens (including phenoxy) is 1. The zero-order valence-electron chi connectivity index (χ0n) is 13.5. The maximum Gasteiger partial charge on any atom is 0.191 e. The van der Waals surface area contributed by atoms with Crippen LogP contribution in [0.1, 0.15) is 31.2 Å². The van der Waals surface area contributed by atoms with E-state index in [2.05, 4.69) is 15.6 Å². The van der Waals surface area contributed by atoms with Gasteiger partial charge in [0.05, 0.1) is 6.10 Å². The normalized spacial score (nSPS) is 31.2. The lowest BCUT2D eigenvalue weighted by Crippen LogP contribution is -2.72. The number of hydrogen-bond donors (Lipinski definition) is 2. The van der Waals surface area contributed by atoms with Crippen LogP contribution >= 0.6 is 11.6 Å². The van der Waals surface area contributed by atoms with Crippen LogP contribution in [0.15, 0.2) is 29.3 Å². The second-order valence-electron chi connectivity index (χ2n) is 6.97. The van der Waals surface area contributed by atoms with E-state index >= 15 is 0 Å². The zero-order chi connectivity index (χ0) is 15.9. The number of hydrogen-bond acceptors (Lipinski definition) is 2. The third kappa shape index (κ3) is 2.43. The molecule has 3 aliphatic rings. The first kappa shape index (κ1) is 15.3. The van der Waals surface area contributed by atoms with Gasteiger partial charge in [0.1, 0.15) is 0 Å². The lowest BCUT2D eigenvalue weighted by Gasteiger charge is -2.63. The average molecular weight is 334 g/mol. The SMILES string of the molecule is CN=C(NCc1ccccc1Cl)NC1C2CCOC2C12CCC2. The van der Waals surface area contributed by atoms with Crippen LogP contribution in [0.4, 0.5) is 0 Å². The predicted molar refractivity (Wildman–Crippen MR) is 92.7 cm³/mol. The number of aliphatic imine (C=N–C) groups is 1. The van der Waals surface area contributed by atoms with Gasteiger partial charge in [-0.1, -0.05) is 36.2 Å². The highest BCUT2D eigenvalue weighted by atomic mass is 35.5. The van der Waals surface area contributed by atoms with Gasteiger partial charge in [-0.05, 0) is 30.9 Å². The molecule has 0 bridgehead atoms. The lowest BCUT2D eigenvalue weighted by atomic mass is 9.46. The molecular weight excluding hydrogens is 310 g/mol. The molecule has 1 heterocycles. The van der Waals surface area contributed by atoms with Crippen molar-refractivity contribution in [3.8, 4) is 0 Å². The monoisotopic (exact) mass is 333 g/mol. The fourth-order valence-corrected chi connectivity index (χ4v) is 4.82. The molecule has 4 nitrogen and oxygen atoms in total. The molecule has 1 aromatic rings. The molecule has 0 radical (unpaired) electrons. The Morgan fingerprint density at radius 2 is 2.22 bits per heavy atom. The Bertz CT molecular complexity index is 614. The average Bonchev–Trinajstić information content (AvgIpc) is 2.92. The molecule has 2 aliphatic carbocycles. The standard InChI is InChI=1S/C18H24ClN3O/c1-20-17(21-11-12-5-2-3-6-14(12)19)22-15-13-7-10-23-16(13)18(15)8-4-9-18/h2-3,5-6,13,15-16H,4,7-11H2,1H3,(H2,20,21,22). The lowest BCUT2D eigenvalue weighted by molar-refractivity contribution is -0.171. The highest BCUT2D eigenvalue weighted by molar-refractivity contribution is 6.31. The predicted octanol–water partition coefficient (Wildman–Crippen LogP) is 2.96. The Balaban J connectivity index is 1.40. The fourth-order valence-electron chi connectivity index (χ4n) is 4.62. The van der Waals surface area contributed by atoms with Gasteiger partial charge < -0.3 is 15.4 Å². The molecule has 0 amide bonds. The van der Waals surface area contributed by atoms with Gasteiger partial charge >= 0.3 is 0 Å². The van der Waals surface area contributed by atoms with Crippen LogP contribution in [0.5, 0.6) is 0 Å². The van der Waals surface area contributed by atoms with E-state index in [0.717, 1.165) is 23.2 Å². The first-order valence-electron chi connectivity index (χ1n) is 8.57. The van der Waals surface area contributed by atoms with Crippen molar-refractivity contribution < 1.29 is 4.74 Å². The number of guanidine groups is 1. The molecule has 23 heavy (non-hydrogen) atoms. The van der Waals surface area contributed by atoms with E-state index in [1.807, 2.05) is 31.3 Å². The maximum absolute atomic E-state index is 6.23. The van der Waals surface area contributed by atoms with Gasteiger partial charge in [-0.3, -0.25) is 4.99 Å². The van der Waals surface area contributed by atoms with Gasteiger partial charge in [-0.15, -0.1) is 0 Å². The van der Waals surface area contributed by atoms with E-state index in [1.165, 1.54) is 25.7 Å². The number of halogens is 1. The van der Waals surface area contributed by atoms with Crippen molar-refractivity contribution in [2.24, 2.45) is 16.3 Å². The van der Waals surface area contributed by atoms with E-state index in [-0.39, 0.29) is 0 Å². The summed E-state index contributed by atoms with van der Waals surface area (Å²) in [6.07, 6.45) is 5.55. The minimum atomic E-state index is 0.364. The number of benzene rings is 1. The summed E-state index contributed by atoms with van der Waals surface area (Å²) in [6, 6.07) is 8.43. The Labute approximate surface area is 142 Å². The molecular formula is C18H24ClN3O. The van der Waals surface area contributed by atoms with Crippen LogP contribution in [0.2, 0.25) is 5.02 Å². The first-order valence-corrected chi connectivity index (χ1v) is 8.94. The Morgan fingerprint density at radius 3 is 2.91 bits per heavy atom. The summed E-state index contributed by atoms with van der Waals surface area (Å²) >= 11 is 6.23. The minimum absolute atomic E-state index is 0.364. The smallest absolute Gasteiger partial charge is 0.191 e. The second-order valence-corrected chi connectivity index (χ2v) is 7.38. The number of rotatable bonds is 3. The van der Waals surface area contributed by atoms with Crippen molar-refractivity contribution in [2.45, 2.75) is 44.4 Å². The molecule has 1 aromatic carbocycles. The molecule has 2 N–H and O–H groups in total. The number of nitrogens with zero attached hydrogens (tertiary/aromatic N) is 1. The van der Waals surface area contributed by atoms with E-state index in [0.29, 0.717) is 30.0 Å². The topological polar surface area (TPSA) is 45.7 Å². The van der Waals surface area contributed by atoms with Crippen molar-refractivity contribution in [3.63, 3.8) is 0 Å². The highest BCUT2D eigenvalue weighted by Gasteiger charge is 2.66. The third-order valence-corrected chi connectivity index (χ3v) is 6.32. The van der Waals surface area contributed by atoms with Crippen LogP contribution in [-0.2, 0) is 11.3 Å². The van der Waals surface area contributed by atoms with E-state index in [4.69, 9.17) is 16.3 Å². The van der Waals surface area contributed by atoms with Crippen molar-refractivity contribution in [1.29, 1.82) is 0 Å². The molecule has 2 saturated carbocycles. The van der Waals surface area contributed by atoms with Crippen LogP contribution in [0.25, 0.3) is 0 Å². The van der Waals surface area contributed by atoms with Gasteiger partial charge in [0.2, 0.25) is 0 Å². The van der Waals surface area contributed by atoms with Crippen LogP contribution in [0.3, 0.4) is 0 Å². The number of fused-ring (bicyclic) bond motifs is 2. The van der Waals surface area contributed by atoms with E-state index in [1.54, 1.807) is 0 Å². The Morgan fingerprint density at radius 1 is 1.39 bits per heavy atom. The molecule has 3 atom stereocenters. The molecule has 0 aromatic heterocycles. The molecule has 1 saturated heterocycles. The van der Waals surface area contributed by atoms with Gasteiger partial charge in [0, 0.05) is 42.6 Å². The Hall–Kier alpha value is -1.26. The molecule has 4 rings (SSSR count). The summed E-state index contributed by atoms with van der Waals surface area (Å²) in [6.45, 7) is 1.60. The van der Waals surface area contributed by atoms with E-state index < -0.39 is 0 Å². The zero-order valence-corrected chi connectivity index (χ0v) is 14.3. The summed E-state index contributed by atoms with van der Waals surface area (Å²) in [5.41, 5.74) is 1.45. The minimum Gasteiger partial charge on any atom is -0.377 e. The summed E-state index contributed by atoms with van der Waals surface area (Å²) in [5.74, 6) is 1.51. The van der Waals surface area contributed by atoms with Gasteiger partial charge in [0.25, 0.3) is 0 Å². The van der Waals surface area contributed by atoms with Crippen LogP contribution < -0.4 is 10.6 Å². The van der Waals surface area contributed by atoms with Crippen LogP contribution in [0, 0.1) is 11.3 Å². The van der Waals surface area contributed by atoms with E-state index in [9.17, 15) is 0 Å². The van der Waals surface area contributed by atoms with Crippen molar-refractivity contribution in [1.82, 2.24) is 10.6 Å². The van der Waals surface area contributed by atoms with Crippen molar-refractivity contribution in [3.05, 3.63) is 34.9 Å². The summed E-state index contributed by atoms with van der Waals surface area (Å²) in [5, 5.41) is 7.87. The molecule has 5 heteroatoms. The molecule has 124 valence electrons. The maximum atomic E-state index is 6.23. The number of nitrogens with one attached hydrogen (secondary N) is 2. The third-order valence-electron chi connectivity index (χ3n) is 5.96. The largest absolute Gasteiger partial charge is 0.377 e. The quantitative estimate of drug-likeness (QED) is 0.660. The summed E-state index contributed by atoms with van der Waals surface area (Å²) in [4.78, 5) is 4.40. The molecule has 1 aliphatic heterocycles. The second kappa shape index (κ2) is 5.99.